The number of ether oxygens (including phenoxy) is 3. The lowest BCUT2D eigenvalue weighted by molar-refractivity contribution is -0.0869. The molecule has 0 saturated carbocycles. The predicted molar refractivity (Wildman–Crippen MR) is 83.3 cm³/mol. The number of hydrogen-bond acceptors (Lipinski definition) is 5. The maximum absolute atomic E-state index is 14.0. The second-order valence-electron chi connectivity index (χ2n) is 5.97. The molecular weight excluding hydrogens is 317 g/mol. The fourth-order valence-electron chi connectivity index (χ4n) is 3.28. The van der Waals surface area contributed by atoms with Crippen molar-refractivity contribution >= 4 is 6.03 Å². The molecule has 24 heavy (non-hydrogen) atoms. The average Bonchev–Trinajstić information content (AvgIpc) is 2.96. The van der Waals surface area contributed by atoms with Gasteiger partial charge in [0.1, 0.15) is 0 Å². The van der Waals surface area contributed by atoms with Crippen LogP contribution in [-0.2, 0) is 16.0 Å². The third-order valence-electron chi connectivity index (χ3n) is 4.64. The molecule has 2 amide bonds. The number of urea groups is 1. The van der Waals surface area contributed by atoms with E-state index in [1.165, 1.54) is 19.4 Å². The molecule has 1 spiro atoms. The zero-order valence-electron chi connectivity index (χ0n) is 13.6. The first kappa shape index (κ1) is 16.9. The van der Waals surface area contributed by atoms with Crippen molar-refractivity contribution in [3.63, 3.8) is 0 Å². The lowest BCUT2D eigenvalue weighted by Crippen LogP contribution is -2.54. The van der Waals surface area contributed by atoms with Gasteiger partial charge < -0.3 is 24.8 Å². The van der Waals surface area contributed by atoms with Crippen LogP contribution in [0.4, 0.5) is 9.18 Å². The fraction of sp³-hybridized carbons (Fsp3) is 0.625. The molecule has 0 radical (unpaired) electrons. The van der Waals surface area contributed by atoms with Crippen LogP contribution in [-0.4, -0.2) is 49.6 Å². The highest BCUT2D eigenvalue weighted by molar-refractivity contribution is 5.74. The maximum Gasteiger partial charge on any atom is 0.315 e. The Morgan fingerprint density at radius 1 is 1.46 bits per heavy atom. The molecule has 132 valence electrons. The Hall–Kier alpha value is -1.93. The van der Waals surface area contributed by atoms with E-state index in [0.29, 0.717) is 19.8 Å². The van der Waals surface area contributed by atoms with Crippen molar-refractivity contribution < 1.29 is 23.4 Å². The van der Waals surface area contributed by atoms with Gasteiger partial charge in [-0.1, -0.05) is 0 Å². The van der Waals surface area contributed by atoms with Crippen LogP contribution in [0.5, 0.6) is 5.75 Å². The zero-order chi connectivity index (χ0) is 17.0. The van der Waals surface area contributed by atoms with Crippen LogP contribution < -0.4 is 15.4 Å². The van der Waals surface area contributed by atoms with E-state index in [-0.39, 0.29) is 35.7 Å². The molecule has 1 aromatic rings. The number of carbonyl (C=O) groups excluding carboxylic acids is 1. The number of methoxy groups -OCH3 is 1. The number of carbonyl (C=O) groups is 1. The number of halogens is 1. The smallest absolute Gasteiger partial charge is 0.315 e. The van der Waals surface area contributed by atoms with Gasteiger partial charge in [-0.05, 0) is 6.42 Å². The van der Waals surface area contributed by atoms with Crippen molar-refractivity contribution in [1.82, 2.24) is 15.6 Å². The van der Waals surface area contributed by atoms with E-state index in [1.54, 1.807) is 0 Å². The third-order valence-corrected chi connectivity index (χ3v) is 4.64. The maximum atomic E-state index is 14.0. The van der Waals surface area contributed by atoms with E-state index in [2.05, 4.69) is 15.6 Å². The minimum absolute atomic E-state index is 0.0153. The molecular formula is C16H22FN3O4. The van der Waals surface area contributed by atoms with Gasteiger partial charge in [-0.3, -0.25) is 4.98 Å². The number of rotatable bonds is 4. The van der Waals surface area contributed by atoms with E-state index < -0.39 is 5.82 Å². The van der Waals surface area contributed by atoms with Gasteiger partial charge >= 0.3 is 6.03 Å². The van der Waals surface area contributed by atoms with Crippen molar-refractivity contribution in [2.45, 2.75) is 37.5 Å². The molecule has 1 aromatic heterocycles. The van der Waals surface area contributed by atoms with Crippen molar-refractivity contribution in [3.05, 3.63) is 23.8 Å². The second-order valence-corrected chi connectivity index (χ2v) is 5.97. The Labute approximate surface area is 139 Å². The SMILES string of the molecule is COc1ccnc(CNC(=O)NC2CCOC23CCOCC3)c1F. The molecule has 2 aliphatic heterocycles. The topological polar surface area (TPSA) is 81.7 Å². The number of nitrogens with one attached hydrogen (secondary N) is 2. The monoisotopic (exact) mass is 339 g/mol. The molecule has 7 nitrogen and oxygen atoms in total. The average molecular weight is 339 g/mol. The number of hydrogen-bond donors (Lipinski definition) is 2. The first-order chi connectivity index (χ1) is 11.6. The van der Waals surface area contributed by atoms with Crippen molar-refractivity contribution in [3.8, 4) is 5.75 Å². The third kappa shape index (κ3) is 3.44. The van der Waals surface area contributed by atoms with Gasteiger partial charge in [0.05, 0.1) is 31.0 Å². The van der Waals surface area contributed by atoms with Crippen molar-refractivity contribution in [2.24, 2.45) is 0 Å². The Bertz CT molecular complexity index is 593. The molecule has 2 aliphatic rings. The van der Waals surface area contributed by atoms with E-state index >= 15 is 0 Å². The second kappa shape index (κ2) is 7.31. The van der Waals surface area contributed by atoms with Crippen LogP contribution in [0.3, 0.4) is 0 Å². The Morgan fingerprint density at radius 3 is 3.00 bits per heavy atom. The van der Waals surface area contributed by atoms with E-state index in [1.807, 2.05) is 0 Å². The standard InChI is InChI=1S/C16H22FN3O4/c1-22-12-2-6-18-11(14(12)17)10-19-15(21)20-13-3-7-24-16(13)4-8-23-9-5-16/h2,6,13H,3-5,7-10H2,1H3,(H2,19,20,21). The van der Waals surface area contributed by atoms with Crippen LogP contribution in [0, 0.1) is 5.82 Å². The molecule has 8 heteroatoms. The van der Waals surface area contributed by atoms with Crippen LogP contribution in [0.25, 0.3) is 0 Å². The van der Waals surface area contributed by atoms with Crippen LogP contribution in [0.1, 0.15) is 25.0 Å². The van der Waals surface area contributed by atoms with Gasteiger partial charge in [-0.25, -0.2) is 9.18 Å². The Kier molecular flexibility index (Phi) is 5.15. The minimum atomic E-state index is -0.564. The largest absolute Gasteiger partial charge is 0.494 e. The summed E-state index contributed by atoms with van der Waals surface area (Å²) in [5, 5.41) is 5.59. The quantitative estimate of drug-likeness (QED) is 0.866. The molecule has 1 atom stereocenters. The molecule has 0 bridgehead atoms. The normalized spacial score (nSPS) is 22.3. The summed E-state index contributed by atoms with van der Waals surface area (Å²) in [6.45, 7) is 1.88. The summed E-state index contributed by atoms with van der Waals surface area (Å²) < 4.78 is 30.2. The first-order valence-corrected chi connectivity index (χ1v) is 8.08. The van der Waals surface area contributed by atoms with Gasteiger partial charge in [-0.15, -0.1) is 0 Å². The molecule has 0 aromatic carbocycles. The molecule has 0 aliphatic carbocycles. The Balaban J connectivity index is 1.56. The van der Waals surface area contributed by atoms with Crippen molar-refractivity contribution in [2.75, 3.05) is 26.9 Å². The van der Waals surface area contributed by atoms with Crippen LogP contribution >= 0.6 is 0 Å². The molecule has 2 fully saturated rings. The summed E-state index contributed by atoms with van der Waals surface area (Å²) in [6.07, 6.45) is 3.74. The Morgan fingerprint density at radius 2 is 2.25 bits per heavy atom. The first-order valence-electron chi connectivity index (χ1n) is 8.08. The minimum Gasteiger partial charge on any atom is -0.494 e. The summed E-state index contributed by atoms with van der Waals surface area (Å²) >= 11 is 0. The number of pyridine rings is 1. The van der Waals surface area contributed by atoms with Crippen LogP contribution in [0.15, 0.2) is 12.3 Å². The molecule has 2 N–H and O–H groups in total. The van der Waals surface area contributed by atoms with Gasteiger partial charge in [0.2, 0.25) is 0 Å². The molecule has 1 unspecified atom stereocenters. The highest BCUT2D eigenvalue weighted by Gasteiger charge is 2.46. The highest BCUT2D eigenvalue weighted by atomic mass is 19.1. The summed E-state index contributed by atoms with van der Waals surface area (Å²) in [4.78, 5) is 16.1. The van der Waals surface area contributed by atoms with Gasteiger partial charge in [-0.2, -0.15) is 0 Å². The molecule has 3 rings (SSSR count). The van der Waals surface area contributed by atoms with Crippen LogP contribution in [0.2, 0.25) is 0 Å². The number of nitrogens with zero attached hydrogens (tertiary/aromatic N) is 1. The van der Waals surface area contributed by atoms with Gasteiger partial charge in [0.25, 0.3) is 0 Å². The fourth-order valence-corrected chi connectivity index (χ4v) is 3.28. The van der Waals surface area contributed by atoms with Gasteiger partial charge in [0.15, 0.2) is 11.6 Å². The summed E-state index contributed by atoms with van der Waals surface area (Å²) in [6, 6.07) is 1.01. The summed E-state index contributed by atoms with van der Waals surface area (Å²) in [7, 11) is 1.38. The van der Waals surface area contributed by atoms with E-state index in [0.717, 1.165) is 19.3 Å². The lowest BCUT2D eigenvalue weighted by atomic mass is 9.86. The lowest BCUT2D eigenvalue weighted by Gasteiger charge is -2.37. The molecule has 3 heterocycles. The van der Waals surface area contributed by atoms with Gasteiger partial charge in [0, 0.05) is 44.9 Å². The number of aromatic nitrogens is 1. The van der Waals surface area contributed by atoms with Crippen molar-refractivity contribution in [1.29, 1.82) is 0 Å². The predicted octanol–water partition coefficient (Wildman–Crippen LogP) is 1.37. The zero-order valence-corrected chi connectivity index (χ0v) is 13.6. The molecule has 2 saturated heterocycles. The number of amides is 2. The summed E-state index contributed by atoms with van der Waals surface area (Å²) in [5.41, 5.74) is -0.206. The summed E-state index contributed by atoms with van der Waals surface area (Å²) in [5.74, 6) is -0.460. The highest BCUT2D eigenvalue weighted by Crippen LogP contribution is 2.35. The van der Waals surface area contributed by atoms with E-state index in [9.17, 15) is 9.18 Å². The van der Waals surface area contributed by atoms with E-state index in [4.69, 9.17) is 14.2 Å².